The van der Waals surface area contributed by atoms with Crippen molar-refractivity contribution in [3.63, 3.8) is 0 Å². The number of hydrazone groups is 1. The number of anilines is 1. The van der Waals surface area contributed by atoms with Crippen LogP contribution in [0.15, 0.2) is 60.0 Å². The van der Waals surface area contributed by atoms with Crippen LogP contribution >= 0.6 is 0 Å². The average molecular weight is 306 g/mol. The van der Waals surface area contributed by atoms with E-state index in [1.54, 1.807) is 22.9 Å². The first-order valence-electron chi connectivity index (χ1n) is 6.95. The number of aromatic nitrogens is 4. The summed E-state index contributed by atoms with van der Waals surface area (Å²) in [7, 11) is 0. The van der Waals surface area contributed by atoms with Gasteiger partial charge < -0.3 is 0 Å². The van der Waals surface area contributed by atoms with Crippen LogP contribution in [-0.2, 0) is 0 Å². The van der Waals surface area contributed by atoms with Gasteiger partial charge in [-0.05, 0) is 17.7 Å². The molecule has 6 nitrogen and oxygen atoms in total. The van der Waals surface area contributed by atoms with Gasteiger partial charge in [-0.1, -0.05) is 36.4 Å². The van der Waals surface area contributed by atoms with Crippen LogP contribution in [0.2, 0.25) is 0 Å². The highest BCUT2D eigenvalue weighted by Crippen LogP contribution is 2.23. The minimum Gasteiger partial charge on any atom is -0.259 e. The monoisotopic (exact) mass is 306 g/mol. The molecule has 0 saturated heterocycles. The summed E-state index contributed by atoms with van der Waals surface area (Å²) in [5.41, 5.74) is 4.40. The summed E-state index contributed by atoms with van der Waals surface area (Å²) >= 11 is 0. The lowest BCUT2D eigenvalue weighted by molar-refractivity contribution is 0.628. The lowest BCUT2D eigenvalue weighted by Crippen LogP contribution is -2.00. The molecule has 0 saturated carbocycles. The van der Waals surface area contributed by atoms with Crippen LogP contribution in [0.4, 0.5) is 10.2 Å². The fourth-order valence-corrected chi connectivity index (χ4v) is 2.33. The molecule has 0 atom stereocenters. The van der Waals surface area contributed by atoms with Gasteiger partial charge in [-0.3, -0.25) is 5.43 Å². The van der Waals surface area contributed by atoms with Crippen molar-refractivity contribution >= 4 is 28.5 Å². The minimum atomic E-state index is -0.277. The van der Waals surface area contributed by atoms with Gasteiger partial charge in [0.05, 0.1) is 6.21 Å². The van der Waals surface area contributed by atoms with Crippen LogP contribution in [0.5, 0.6) is 0 Å². The summed E-state index contributed by atoms with van der Waals surface area (Å²) in [5, 5.41) is 18.4. The Labute approximate surface area is 130 Å². The minimum absolute atomic E-state index is 0.277. The number of nitrogens with one attached hydrogen (secondary N) is 1. The fourth-order valence-electron chi connectivity index (χ4n) is 2.33. The first-order valence-corrected chi connectivity index (χ1v) is 6.95. The van der Waals surface area contributed by atoms with Crippen LogP contribution in [0.3, 0.4) is 0 Å². The number of rotatable bonds is 3. The summed E-state index contributed by atoms with van der Waals surface area (Å²) in [5.74, 6) is 0.312. The fraction of sp³-hybridized carbons (Fsp3) is 0. The molecule has 1 N–H and O–H groups in total. The summed E-state index contributed by atoms with van der Waals surface area (Å²) in [4.78, 5) is 0. The molecule has 112 valence electrons. The number of hydrogen-bond acceptors (Lipinski definition) is 5. The number of nitrogens with zero attached hydrogens (tertiary/aromatic N) is 5. The first-order chi connectivity index (χ1) is 11.3. The summed E-state index contributed by atoms with van der Waals surface area (Å²) in [6, 6.07) is 13.8. The van der Waals surface area contributed by atoms with E-state index < -0.39 is 0 Å². The van der Waals surface area contributed by atoms with E-state index in [0.717, 1.165) is 16.3 Å². The van der Waals surface area contributed by atoms with Crippen LogP contribution in [0.1, 0.15) is 5.56 Å². The first kappa shape index (κ1) is 13.3. The van der Waals surface area contributed by atoms with E-state index in [1.165, 1.54) is 18.5 Å². The van der Waals surface area contributed by atoms with Gasteiger partial charge in [0.2, 0.25) is 0 Å². The lowest BCUT2D eigenvalue weighted by Gasteiger charge is -2.05. The molecule has 0 bridgehead atoms. The van der Waals surface area contributed by atoms with Gasteiger partial charge in [-0.15, -0.1) is 15.3 Å². The predicted molar refractivity (Wildman–Crippen MR) is 85.9 cm³/mol. The van der Waals surface area contributed by atoms with Gasteiger partial charge in [-0.25, -0.2) is 4.39 Å². The number of halogens is 1. The Morgan fingerprint density at radius 3 is 2.65 bits per heavy atom. The van der Waals surface area contributed by atoms with Crippen LogP contribution in [-0.4, -0.2) is 26.0 Å². The van der Waals surface area contributed by atoms with E-state index in [0.29, 0.717) is 11.5 Å². The number of hydrogen-bond donors (Lipinski definition) is 1. The molecule has 0 spiro atoms. The predicted octanol–water partition coefficient (Wildman–Crippen LogP) is 2.86. The Balaban J connectivity index is 1.71. The third kappa shape index (κ3) is 2.48. The standard InChI is InChI=1S/C16H11FN6/c17-12-7-5-11(6-8-12)9-18-20-15-13-3-1-2-4-14(13)16-21-19-10-23(16)22-15/h1-10H,(H,20,22)/b18-9-. The third-order valence-corrected chi connectivity index (χ3v) is 3.42. The topological polar surface area (TPSA) is 67.5 Å². The van der Waals surface area contributed by atoms with E-state index in [4.69, 9.17) is 0 Å². The van der Waals surface area contributed by atoms with Gasteiger partial charge in [0, 0.05) is 10.8 Å². The van der Waals surface area contributed by atoms with Crippen molar-refractivity contribution in [2.24, 2.45) is 5.10 Å². The van der Waals surface area contributed by atoms with Gasteiger partial charge >= 0.3 is 0 Å². The molecule has 0 aliphatic carbocycles. The molecule has 2 heterocycles. The van der Waals surface area contributed by atoms with E-state index in [1.807, 2.05) is 24.3 Å². The normalized spacial score (nSPS) is 11.5. The van der Waals surface area contributed by atoms with Gasteiger partial charge in [0.15, 0.2) is 11.5 Å². The smallest absolute Gasteiger partial charge is 0.185 e. The van der Waals surface area contributed by atoms with Crippen molar-refractivity contribution in [3.05, 3.63) is 66.2 Å². The highest BCUT2D eigenvalue weighted by atomic mass is 19.1. The van der Waals surface area contributed by atoms with Gasteiger partial charge in [0.1, 0.15) is 12.1 Å². The van der Waals surface area contributed by atoms with Crippen LogP contribution in [0, 0.1) is 5.82 Å². The van der Waals surface area contributed by atoms with E-state index in [9.17, 15) is 4.39 Å². The maximum Gasteiger partial charge on any atom is 0.185 e. The maximum atomic E-state index is 12.9. The Hall–Kier alpha value is -3.35. The third-order valence-electron chi connectivity index (χ3n) is 3.42. The molecule has 2 aromatic heterocycles. The molecule has 0 amide bonds. The van der Waals surface area contributed by atoms with E-state index in [2.05, 4.69) is 25.8 Å². The zero-order valence-electron chi connectivity index (χ0n) is 11.9. The Kier molecular flexibility index (Phi) is 3.16. The van der Waals surface area contributed by atoms with Crippen molar-refractivity contribution < 1.29 is 4.39 Å². The molecule has 4 rings (SSSR count). The maximum absolute atomic E-state index is 12.9. The summed E-state index contributed by atoms with van der Waals surface area (Å²) in [6.07, 6.45) is 3.14. The lowest BCUT2D eigenvalue weighted by atomic mass is 10.2. The molecular weight excluding hydrogens is 295 g/mol. The Morgan fingerprint density at radius 2 is 1.83 bits per heavy atom. The zero-order valence-corrected chi connectivity index (χ0v) is 11.9. The molecule has 0 aliphatic rings. The van der Waals surface area contributed by atoms with Crippen molar-refractivity contribution in [3.8, 4) is 0 Å². The quantitative estimate of drug-likeness (QED) is 0.467. The van der Waals surface area contributed by atoms with Crippen molar-refractivity contribution in [1.29, 1.82) is 0 Å². The molecule has 0 unspecified atom stereocenters. The highest BCUT2D eigenvalue weighted by molar-refractivity contribution is 5.99. The Morgan fingerprint density at radius 1 is 1.04 bits per heavy atom. The van der Waals surface area contributed by atoms with Crippen LogP contribution < -0.4 is 5.43 Å². The van der Waals surface area contributed by atoms with Crippen molar-refractivity contribution in [1.82, 2.24) is 19.8 Å². The molecule has 0 fully saturated rings. The molecule has 0 radical (unpaired) electrons. The number of benzene rings is 2. The summed E-state index contributed by atoms with van der Waals surface area (Å²) < 4.78 is 14.5. The molecule has 4 aromatic rings. The molecule has 0 aliphatic heterocycles. The molecule has 7 heteroatoms. The highest BCUT2D eigenvalue weighted by Gasteiger charge is 2.08. The Bertz CT molecular complexity index is 1010. The molecular formula is C16H11FN6. The zero-order chi connectivity index (χ0) is 15.6. The number of fused-ring (bicyclic) bond motifs is 3. The van der Waals surface area contributed by atoms with Crippen LogP contribution in [0.25, 0.3) is 16.4 Å². The largest absolute Gasteiger partial charge is 0.259 e. The second-order valence-corrected chi connectivity index (χ2v) is 4.91. The van der Waals surface area contributed by atoms with Gasteiger partial charge in [0.25, 0.3) is 0 Å². The second-order valence-electron chi connectivity index (χ2n) is 4.91. The molecule has 23 heavy (non-hydrogen) atoms. The van der Waals surface area contributed by atoms with Crippen molar-refractivity contribution in [2.75, 3.05) is 5.43 Å². The average Bonchev–Trinajstić information content (AvgIpc) is 3.05. The SMILES string of the molecule is Fc1ccc(/C=N\Nc2nn3cnnc3c3ccccc23)cc1. The van der Waals surface area contributed by atoms with E-state index >= 15 is 0 Å². The van der Waals surface area contributed by atoms with E-state index in [-0.39, 0.29) is 5.82 Å². The van der Waals surface area contributed by atoms with Crippen molar-refractivity contribution in [2.45, 2.75) is 0 Å². The molecule has 2 aromatic carbocycles. The van der Waals surface area contributed by atoms with Gasteiger partial charge in [-0.2, -0.15) is 9.62 Å². The summed E-state index contributed by atoms with van der Waals surface area (Å²) in [6.45, 7) is 0. The second kappa shape index (κ2) is 5.45.